The summed E-state index contributed by atoms with van der Waals surface area (Å²) in [4.78, 5) is 0. The van der Waals surface area contributed by atoms with Gasteiger partial charge in [-0.15, -0.1) is 0 Å². The number of hydrogen-bond acceptors (Lipinski definition) is 3. The largest absolute Gasteiger partial charge is 0.537 e. The summed E-state index contributed by atoms with van der Waals surface area (Å²) in [6.07, 6.45) is 4.20. The third-order valence-corrected chi connectivity index (χ3v) is 6.67. The average molecular weight is 343 g/mol. The van der Waals surface area contributed by atoms with E-state index >= 15 is 0 Å². The molecule has 0 atom stereocenters. The lowest BCUT2D eigenvalue weighted by molar-refractivity contribution is 0.0859. The van der Waals surface area contributed by atoms with E-state index in [0.717, 1.165) is 16.3 Å². The smallest absolute Gasteiger partial charge is 0.370 e. The van der Waals surface area contributed by atoms with Crippen molar-refractivity contribution in [3.05, 3.63) is 65.7 Å². The molecule has 0 aliphatic rings. The minimum Gasteiger partial charge on any atom is -0.370 e. The Morgan fingerprint density at radius 3 is 1.83 bits per heavy atom. The summed E-state index contributed by atoms with van der Waals surface area (Å²) in [5.74, 6) is 0. The van der Waals surface area contributed by atoms with Crippen molar-refractivity contribution in [1.82, 2.24) is 0 Å². The Hall–Kier alpha value is -1.72. The maximum absolute atomic E-state index is 6.05. The van der Waals surface area contributed by atoms with Crippen molar-refractivity contribution in [2.45, 2.75) is 20.8 Å². The molecule has 0 spiro atoms. The van der Waals surface area contributed by atoms with Gasteiger partial charge in [0, 0.05) is 25.0 Å². The number of rotatable bonds is 9. The Morgan fingerprint density at radius 1 is 0.708 bits per heavy atom. The van der Waals surface area contributed by atoms with E-state index in [1.54, 1.807) is 0 Å². The molecule has 2 aromatic rings. The first kappa shape index (κ1) is 18.6. The quantitative estimate of drug-likeness (QED) is 0.507. The molecular weight excluding hydrogens is 316 g/mol. The van der Waals surface area contributed by atoms with Gasteiger partial charge in [-0.3, -0.25) is 0 Å². The second-order valence-corrected chi connectivity index (χ2v) is 7.70. The van der Waals surface area contributed by atoms with Crippen molar-refractivity contribution in [1.29, 1.82) is 0 Å². The van der Waals surface area contributed by atoms with Gasteiger partial charge in [0.1, 0.15) is 0 Å². The van der Waals surface area contributed by atoms with Crippen LogP contribution in [0, 0.1) is 0 Å². The van der Waals surface area contributed by atoms with Crippen molar-refractivity contribution in [3.63, 3.8) is 0 Å². The summed E-state index contributed by atoms with van der Waals surface area (Å²) in [7, 11) is -2.91. The van der Waals surface area contributed by atoms with Crippen molar-refractivity contribution in [3.8, 4) is 0 Å². The topological polar surface area (TPSA) is 27.7 Å². The molecular formula is C20H26O3Si. The van der Waals surface area contributed by atoms with Gasteiger partial charge in [0.2, 0.25) is 0 Å². The summed E-state index contributed by atoms with van der Waals surface area (Å²) < 4.78 is 18.1. The van der Waals surface area contributed by atoms with Crippen molar-refractivity contribution < 1.29 is 13.3 Å². The van der Waals surface area contributed by atoms with Crippen LogP contribution in [0.2, 0.25) is 0 Å². The second kappa shape index (κ2) is 9.54. The van der Waals surface area contributed by atoms with Gasteiger partial charge in [-0.05, 0) is 31.9 Å². The maximum Gasteiger partial charge on any atom is 0.537 e. The average Bonchev–Trinajstić information content (AvgIpc) is 2.62. The van der Waals surface area contributed by atoms with Crippen LogP contribution < -0.4 is 5.19 Å². The molecule has 0 aromatic heterocycles. The second-order valence-electron chi connectivity index (χ2n) is 5.19. The molecule has 0 heterocycles. The first-order valence-electron chi connectivity index (χ1n) is 8.50. The van der Waals surface area contributed by atoms with Crippen LogP contribution in [0.4, 0.5) is 0 Å². The molecule has 0 saturated carbocycles. The van der Waals surface area contributed by atoms with E-state index in [1.165, 1.54) is 0 Å². The third kappa shape index (κ3) is 4.64. The van der Waals surface area contributed by atoms with Gasteiger partial charge < -0.3 is 13.3 Å². The Labute approximate surface area is 146 Å². The standard InChI is InChI=1S/C20H26O3Si/c1-4-21-24(22-5-2,23-6-3)20-15-11-10-14-19(20)17-16-18-12-8-7-9-13-18/h7-17H,4-6H2,1-3H3/b17-16+. The molecule has 0 aliphatic carbocycles. The lowest BCUT2D eigenvalue weighted by Crippen LogP contribution is -2.57. The molecule has 128 valence electrons. The molecule has 0 fully saturated rings. The predicted molar refractivity (Wildman–Crippen MR) is 102 cm³/mol. The summed E-state index contributed by atoms with van der Waals surface area (Å²) in [6, 6.07) is 18.4. The SMILES string of the molecule is CCO[Si](OCC)(OCC)c1ccccc1/C=C/c1ccccc1. The highest BCUT2D eigenvalue weighted by molar-refractivity contribution is 6.76. The molecule has 24 heavy (non-hydrogen) atoms. The van der Waals surface area contributed by atoms with E-state index in [1.807, 2.05) is 51.1 Å². The molecule has 0 amide bonds. The minimum atomic E-state index is -2.91. The fourth-order valence-corrected chi connectivity index (χ4v) is 5.28. The molecule has 0 unspecified atom stereocenters. The summed E-state index contributed by atoms with van der Waals surface area (Å²) >= 11 is 0. The van der Waals surface area contributed by atoms with Crippen LogP contribution in [0.15, 0.2) is 54.6 Å². The van der Waals surface area contributed by atoms with Gasteiger partial charge in [-0.1, -0.05) is 66.7 Å². The molecule has 0 bridgehead atoms. The van der Waals surface area contributed by atoms with Crippen LogP contribution in [-0.2, 0) is 13.3 Å². The summed E-state index contributed by atoms with van der Waals surface area (Å²) in [6.45, 7) is 7.60. The Balaban J connectivity index is 2.42. The van der Waals surface area contributed by atoms with Crippen LogP contribution in [0.5, 0.6) is 0 Å². The van der Waals surface area contributed by atoms with Crippen LogP contribution in [0.1, 0.15) is 31.9 Å². The van der Waals surface area contributed by atoms with Crippen LogP contribution in [-0.4, -0.2) is 28.6 Å². The monoisotopic (exact) mass is 342 g/mol. The molecule has 2 aromatic carbocycles. The lowest BCUT2D eigenvalue weighted by Gasteiger charge is -2.29. The molecule has 4 heteroatoms. The number of hydrogen-bond donors (Lipinski definition) is 0. The van der Waals surface area contributed by atoms with Crippen LogP contribution in [0.3, 0.4) is 0 Å². The van der Waals surface area contributed by atoms with Gasteiger partial charge in [-0.25, -0.2) is 0 Å². The normalized spacial score (nSPS) is 12.0. The maximum atomic E-state index is 6.05. The molecule has 2 rings (SSSR count). The van der Waals surface area contributed by atoms with Gasteiger partial charge in [0.15, 0.2) is 0 Å². The fourth-order valence-electron chi connectivity index (χ4n) is 2.60. The molecule has 0 saturated heterocycles. The first-order valence-corrected chi connectivity index (χ1v) is 10.2. The van der Waals surface area contributed by atoms with E-state index < -0.39 is 8.80 Å². The van der Waals surface area contributed by atoms with E-state index in [4.69, 9.17) is 13.3 Å². The Morgan fingerprint density at radius 2 is 1.25 bits per heavy atom. The Kier molecular flexibility index (Phi) is 7.40. The van der Waals surface area contributed by atoms with Crippen LogP contribution >= 0.6 is 0 Å². The zero-order chi connectivity index (χ0) is 17.3. The highest BCUT2D eigenvalue weighted by Crippen LogP contribution is 2.16. The molecule has 0 aliphatic heterocycles. The molecule has 0 radical (unpaired) electrons. The molecule has 3 nitrogen and oxygen atoms in total. The van der Waals surface area contributed by atoms with Crippen molar-refractivity contribution in [2.24, 2.45) is 0 Å². The van der Waals surface area contributed by atoms with Gasteiger partial charge in [-0.2, -0.15) is 0 Å². The Bertz CT molecular complexity index is 623. The highest BCUT2D eigenvalue weighted by atomic mass is 28.4. The van der Waals surface area contributed by atoms with E-state index in [0.29, 0.717) is 19.8 Å². The van der Waals surface area contributed by atoms with Gasteiger partial charge in [0.25, 0.3) is 0 Å². The first-order chi connectivity index (χ1) is 11.8. The van der Waals surface area contributed by atoms with E-state index in [2.05, 4.69) is 36.4 Å². The van der Waals surface area contributed by atoms with Crippen molar-refractivity contribution in [2.75, 3.05) is 19.8 Å². The lowest BCUT2D eigenvalue weighted by atomic mass is 10.1. The zero-order valence-electron chi connectivity index (χ0n) is 14.7. The number of benzene rings is 2. The van der Waals surface area contributed by atoms with E-state index in [9.17, 15) is 0 Å². The minimum absolute atomic E-state index is 0.558. The summed E-state index contributed by atoms with van der Waals surface area (Å²) in [5.41, 5.74) is 2.23. The van der Waals surface area contributed by atoms with Gasteiger partial charge >= 0.3 is 8.80 Å². The third-order valence-electron chi connectivity index (χ3n) is 3.55. The van der Waals surface area contributed by atoms with E-state index in [-0.39, 0.29) is 0 Å². The molecule has 0 N–H and O–H groups in total. The zero-order valence-corrected chi connectivity index (χ0v) is 15.7. The fraction of sp³-hybridized carbons (Fsp3) is 0.300. The van der Waals surface area contributed by atoms with Gasteiger partial charge in [0.05, 0.1) is 0 Å². The van der Waals surface area contributed by atoms with Crippen molar-refractivity contribution >= 4 is 26.1 Å². The summed E-state index contributed by atoms with van der Waals surface area (Å²) in [5, 5.41) is 1.02. The highest BCUT2D eigenvalue weighted by Gasteiger charge is 2.44. The predicted octanol–water partition coefficient (Wildman–Crippen LogP) is 4.11. The van der Waals surface area contributed by atoms with Crippen LogP contribution in [0.25, 0.3) is 12.2 Å².